The summed E-state index contributed by atoms with van der Waals surface area (Å²) in [7, 11) is 1.97. The number of hydrogen-bond acceptors (Lipinski definition) is 6. The molecule has 0 atom stereocenters. The van der Waals surface area contributed by atoms with Crippen LogP contribution in [0.3, 0.4) is 0 Å². The molecule has 2 N–H and O–H groups in total. The molecule has 1 aliphatic rings. The molecule has 1 aliphatic heterocycles. The van der Waals surface area contributed by atoms with E-state index in [1.54, 1.807) is 17.1 Å². The van der Waals surface area contributed by atoms with Crippen molar-refractivity contribution in [3.05, 3.63) is 93.9 Å². The number of pyridine rings is 1. The summed E-state index contributed by atoms with van der Waals surface area (Å²) in [5, 5.41) is 7.23. The summed E-state index contributed by atoms with van der Waals surface area (Å²) >= 11 is 0. The summed E-state index contributed by atoms with van der Waals surface area (Å²) < 4.78 is 5.60. The first kappa shape index (κ1) is 24.1. The first-order chi connectivity index (χ1) is 18.3. The highest BCUT2D eigenvalue weighted by molar-refractivity contribution is 5.77. The number of nitrogens with zero attached hydrogens (tertiary/aromatic N) is 6. The van der Waals surface area contributed by atoms with E-state index >= 15 is 0 Å². The van der Waals surface area contributed by atoms with Gasteiger partial charge in [-0.25, -0.2) is 14.3 Å². The summed E-state index contributed by atoms with van der Waals surface area (Å²) in [5.74, 6) is 0.446. The zero-order valence-corrected chi connectivity index (χ0v) is 22.2. The fourth-order valence-electron chi connectivity index (χ4n) is 4.97. The summed E-state index contributed by atoms with van der Waals surface area (Å²) in [6, 6.07) is 12.3. The Labute approximate surface area is 221 Å². The Hall–Kier alpha value is -4.24. The van der Waals surface area contributed by atoms with Crippen molar-refractivity contribution in [2.75, 3.05) is 11.9 Å². The quantitative estimate of drug-likeness (QED) is 0.372. The van der Waals surface area contributed by atoms with Gasteiger partial charge in [0, 0.05) is 55.2 Å². The third-order valence-corrected chi connectivity index (χ3v) is 7.01. The van der Waals surface area contributed by atoms with E-state index in [9.17, 15) is 4.79 Å². The van der Waals surface area contributed by atoms with E-state index in [1.807, 2.05) is 53.0 Å². The monoisotopic (exact) mass is 508 g/mol. The minimum Gasteiger partial charge on any atom is -0.357 e. The minimum atomic E-state index is -0.146. The van der Waals surface area contributed by atoms with E-state index in [4.69, 9.17) is 4.98 Å². The van der Waals surface area contributed by atoms with E-state index in [-0.39, 0.29) is 11.0 Å². The molecule has 0 amide bonds. The van der Waals surface area contributed by atoms with Gasteiger partial charge in [0.15, 0.2) is 5.65 Å². The maximum Gasteiger partial charge on any atom is 0.278 e. The second-order valence-electron chi connectivity index (χ2n) is 11.0. The molecule has 6 rings (SSSR count). The first-order valence-corrected chi connectivity index (χ1v) is 12.9. The number of nitrogens with one attached hydrogen (secondary N) is 2. The number of fused-ring (bicyclic) bond motifs is 2. The van der Waals surface area contributed by atoms with Gasteiger partial charge in [0.25, 0.3) is 5.56 Å². The lowest BCUT2D eigenvalue weighted by atomic mass is 9.91. The van der Waals surface area contributed by atoms with Crippen LogP contribution in [0, 0.1) is 0 Å². The predicted octanol–water partition coefficient (Wildman–Crippen LogP) is 4.05. The highest BCUT2D eigenvalue weighted by atomic mass is 16.1. The van der Waals surface area contributed by atoms with E-state index in [2.05, 4.69) is 53.5 Å². The molecule has 0 spiro atoms. The summed E-state index contributed by atoms with van der Waals surface area (Å²) in [6.07, 6.45) is 8.41. The molecule has 9 heteroatoms. The molecule has 194 valence electrons. The van der Waals surface area contributed by atoms with E-state index in [0.717, 1.165) is 42.1 Å². The van der Waals surface area contributed by atoms with Gasteiger partial charge in [-0.1, -0.05) is 26.8 Å². The fourth-order valence-corrected chi connectivity index (χ4v) is 4.97. The van der Waals surface area contributed by atoms with Crippen LogP contribution in [0.1, 0.15) is 43.2 Å². The maximum absolute atomic E-state index is 13.7. The van der Waals surface area contributed by atoms with Gasteiger partial charge in [-0.05, 0) is 60.0 Å². The molecule has 5 aromatic rings. The average molecular weight is 509 g/mol. The zero-order chi connectivity index (χ0) is 26.4. The average Bonchev–Trinajstić information content (AvgIpc) is 3.43. The molecular formula is C29H32N8O. The van der Waals surface area contributed by atoms with Crippen molar-refractivity contribution in [2.45, 2.75) is 45.7 Å². The Morgan fingerprint density at radius 3 is 2.74 bits per heavy atom. The van der Waals surface area contributed by atoms with Gasteiger partial charge >= 0.3 is 0 Å². The van der Waals surface area contributed by atoms with Crippen LogP contribution in [-0.2, 0) is 32.0 Å². The molecule has 0 unspecified atom stereocenters. The van der Waals surface area contributed by atoms with Gasteiger partial charge in [-0.3, -0.25) is 9.78 Å². The van der Waals surface area contributed by atoms with Crippen molar-refractivity contribution >= 4 is 22.7 Å². The third kappa shape index (κ3) is 4.50. The molecule has 38 heavy (non-hydrogen) atoms. The van der Waals surface area contributed by atoms with Crippen molar-refractivity contribution < 1.29 is 0 Å². The predicted molar refractivity (Wildman–Crippen MR) is 149 cm³/mol. The van der Waals surface area contributed by atoms with Gasteiger partial charge in [-0.15, -0.1) is 0 Å². The number of aromatic nitrogens is 6. The third-order valence-electron chi connectivity index (χ3n) is 7.01. The number of aryl methyl sites for hydroxylation is 1. The van der Waals surface area contributed by atoms with Crippen LogP contribution in [0.15, 0.2) is 66.0 Å². The molecule has 5 heterocycles. The first-order valence-electron chi connectivity index (χ1n) is 12.9. The van der Waals surface area contributed by atoms with Crippen LogP contribution in [0.4, 0.5) is 11.6 Å². The van der Waals surface area contributed by atoms with Crippen molar-refractivity contribution in [1.82, 2.24) is 34.2 Å². The van der Waals surface area contributed by atoms with E-state index in [1.165, 1.54) is 11.1 Å². The lowest BCUT2D eigenvalue weighted by Crippen LogP contribution is -2.23. The minimum absolute atomic E-state index is 0.134. The van der Waals surface area contributed by atoms with Gasteiger partial charge in [-0.2, -0.15) is 4.98 Å². The van der Waals surface area contributed by atoms with E-state index in [0.29, 0.717) is 23.5 Å². The zero-order valence-electron chi connectivity index (χ0n) is 22.2. The Morgan fingerprint density at radius 2 is 1.95 bits per heavy atom. The molecule has 0 saturated heterocycles. The van der Waals surface area contributed by atoms with Crippen LogP contribution < -0.4 is 16.2 Å². The fraction of sp³-hybridized carbons (Fsp3) is 0.310. The number of hydrogen-bond donors (Lipinski definition) is 2. The molecule has 0 aliphatic carbocycles. The normalized spacial score (nSPS) is 13.6. The molecule has 4 aromatic heterocycles. The molecular weight excluding hydrogens is 476 g/mol. The lowest BCUT2D eigenvalue weighted by molar-refractivity contribution is 0.562. The van der Waals surface area contributed by atoms with Crippen molar-refractivity contribution in [3.8, 4) is 5.69 Å². The van der Waals surface area contributed by atoms with Crippen LogP contribution in [0.5, 0.6) is 0 Å². The largest absolute Gasteiger partial charge is 0.357 e. The smallest absolute Gasteiger partial charge is 0.278 e. The standard InChI is InChI=1S/C29H32N8O/c1-29(2,3)25-14-23(8-11-31-25)37-26-24(27(38)36(37)18-19-9-12-35(4)17-19)16-32-28(34-26)33-22-6-5-21-15-30-10-7-20(21)13-22/h5-6,8-9,11-14,16-17,30H,7,10,15,18H2,1-4H3,(H,32,33,34). The summed E-state index contributed by atoms with van der Waals surface area (Å²) in [5.41, 5.74) is 6.64. The molecule has 0 bridgehead atoms. The van der Waals surface area contributed by atoms with Gasteiger partial charge in [0.1, 0.15) is 5.39 Å². The Balaban J connectivity index is 1.48. The Kier molecular flexibility index (Phi) is 5.87. The van der Waals surface area contributed by atoms with Gasteiger partial charge < -0.3 is 15.2 Å². The van der Waals surface area contributed by atoms with Crippen molar-refractivity contribution in [3.63, 3.8) is 0 Å². The second kappa shape index (κ2) is 9.25. The summed E-state index contributed by atoms with van der Waals surface area (Å²) in [6.45, 7) is 8.66. The highest BCUT2D eigenvalue weighted by Crippen LogP contribution is 2.25. The molecule has 0 saturated carbocycles. The molecule has 1 aromatic carbocycles. The summed E-state index contributed by atoms with van der Waals surface area (Å²) in [4.78, 5) is 27.6. The van der Waals surface area contributed by atoms with Crippen molar-refractivity contribution in [1.29, 1.82) is 0 Å². The number of anilines is 2. The van der Waals surface area contributed by atoms with E-state index < -0.39 is 0 Å². The van der Waals surface area contributed by atoms with Crippen LogP contribution in [0.25, 0.3) is 16.7 Å². The molecule has 0 fully saturated rings. The topological polar surface area (TPSA) is 94.6 Å². The van der Waals surface area contributed by atoms with Gasteiger partial charge in [0.2, 0.25) is 5.95 Å². The maximum atomic E-state index is 13.7. The second-order valence-corrected chi connectivity index (χ2v) is 11.0. The van der Waals surface area contributed by atoms with Crippen LogP contribution in [-0.4, -0.2) is 35.4 Å². The highest BCUT2D eigenvalue weighted by Gasteiger charge is 2.21. The Morgan fingerprint density at radius 1 is 1.08 bits per heavy atom. The Bertz CT molecular complexity index is 1700. The van der Waals surface area contributed by atoms with Gasteiger partial charge in [0.05, 0.1) is 12.2 Å². The van der Waals surface area contributed by atoms with Crippen molar-refractivity contribution in [2.24, 2.45) is 7.05 Å². The number of benzene rings is 1. The SMILES string of the molecule is Cn1ccc(Cn2c(=O)c3cnc(Nc4ccc5c(c4)CCNC5)nc3n2-c2ccnc(C(C)(C)C)c2)c1. The van der Waals surface area contributed by atoms with Crippen LogP contribution in [0.2, 0.25) is 0 Å². The lowest BCUT2D eigenvalue weighted by Gasteiger charge is -2.19. The molecule has 0 radical (unpaired) electrons. The number of rotatable bonds is 5. The van der Waals surface area contributed by atoms with Crippen LogP contribution >= 0.6 is 0 Å². The molecule has 9 nitrogen and oxygen atoms in total.